The Kier molecular flexibility index (Phi) is 5.20. The van der Waals surface area contributed by atoms with Crippen molar-refractivity contribution in [1.29, 1.82) is 0 Å². The van der Waals surface area contributed by atoms with Gasteiger partial charge in [0.2, 0.25) is 0 Å². The molecule has 1 aliphatic carbocycles. The average Bonchev–Trinajstić information content (AvgIpc) is 2.84. The minimum atomic E-state index is -0.912. The molecule has 0 spiro atoms. The second-order valence-corrected chi connectivity index (χ2v) is 5.85. The normalized spacial score (nSPS) is 21.0. The molecule has 1 aromatic carbocycles. The van der Waals surface area contributed by atoms with Crippen LogP contribution in [0.2, 0.25) is 0 Å². The van der Waals surface area contributed by atoms with Crippen molar-refractivity contribution in [3.05, 3.63) is 29.8 Å². The van der Waals surface area contributed by atoms with Gasteiger partial charge < -0.3 is 15.7 Å². The van der Waals surface area contributed by atoms with Gasteiger partial charge in [-0.15, -0.1) is 0 Å². The van der Waals surface area contributed by atoms with Crippen molar-refractivity contribution in [1.82, 2.24) is 5.32 Å². The number of para-hydroxylation sites is 1. The monoisotopic (exact) mass is 290 g/mol. The first-order chi connectivity index (χ1) is 10.0. The minimum absolute atomic E-state index is 0.101. The van der Waals surface area contributed by atoms with Crippen molar-refractivity contribution in [3.8, 4) is 0 Å². The lowest BCUT2D eigenvalue weighted by atomic mass is 10.1. The van der Waals surface area contributed by atoms with E-state index in [0.29, 0.717) is 23.7 Å². The number of rotatable bonds is 5. The van der Waals surface area contributed by atoms with Crippen LogP contribution in [0.5, 0.6) is 0 Å². The number of carbonyl (C=O) groups is 2. The highest BCUT2D eigenvalue weighted by atomic mass is 16.4. The molecule has 1 fully saturated rings. The molecule has 0 radical (unpaired) electrons. The maximum absolute atomic E-state index is 11.9. The molecule has 5 heteroatoms. The second-order valence-electron chi connectivity index (χ2n) is 5.85. The first-order valence-corrected chi connectivity index (χ1v) is 7.39. The van der Waals surface area contributed by atoms with Gasteiger partial charge in [-0.1, -0.05) is 31.5 Å². The molecule has 21 heavy (non-hydrogen) atoms. The van der Waals surface area contributed by atoms with Crippen LogP contribution in [0.25, 0.3) is 0 Å². The summed E-state index contributed by atoms with van der Waals surface area (Å²) in [6, 6.07) is 6.70. The van der Waals surface area contributed by atoms with E-state index in [9.17, 15) is 9.59 Å². The second kappa shape index (κ2) is 7.11. The van der Waals surface area contributed by atoms with E-state index in [1.54, 1.807) is 24.3 Å². The lowest BCUT2D eigenvalue weighted by Crippen LogP contribution is -2.32. The van der Waals surface area contributed by atoms with Gasteiger partial charge in [0.25, 0.3) is 0 Å². The van der Waals surface area contributed by atoms with E-state index in [4.69, 9.17) is 5.11 Å². The highest BCUT2D eigenvalue weighted by Crippen LogP contribution is 2.29. The van der Waals surface area contributed by atoms with E-state index in [-0.39, 0.29) is 12.5 Å². The predicted molar refractivity (Wildman–Crippen MR) is 81.3 cm³/mol. The zero-order chi connectivity index (χ0) is 15.2. The molecule has 2 rings (SSSR count). The summed E-state index contributed by atoms with van der Waals surface area (Å²) in [4.78, 5) is 22.7. The van der Waals surface area contributed by atoms with Crippen molar-refractivity contribution in [2.24, 2.45) is 11.8 Å². The van der Waals surface area contributed by atoms with Crippen LogP contribution in [-0.2, 0) is 11.2 Å². The van der Waals surface area contributed by atoms with Crippen LogP contribution in [0, 0.1) is 11.8 Å². The van der Waals surface area contributed by atoms with E-state index in [2.05, 4.69) is 17.6 Å². The number of carbonyl (C=O) groups excluding carboxylic acids is 1. The van der Waals surface area contributed by atoms with Crippen molar-refractivity contribution in [2.45, 2.75) is 32.6 Å². The number of carboxylic acid groups (broad SMARTS) is 1. The summed E-state index contributed by atoms with van der Waals surface area (Å²) in [5.41, 5.74) is 1.16. The number of benzene rings is 1. The molecule has 0 aromatic heterocycles. The SMILES string of the molecule is CC1CCC(CNC(=O)Nc2ccccc2CC(=O)O)C1. The van der Waals surface area contributed by atoms with Crippen LogP contribution in [0.15, 0.2) is 24.3 Å². The molecule has 1 aliphatic rings. The molecule has 2 atom stereocenters. The van der Waals surface area contributed by atoms with Gasteiger partial charge in [-0.2, -0.15) is 0 Å². The van der Waals surface area contributed by atoms with Gasteiger partial charge in [0.1, 0.15) is 0 Å². The first kappa shape index (κ1) is 15.4. The molecule has 0 bridgehead atoms. The third-order valence-electron chi connectivity index (χ3n) is 3.96. The summed E-state index contributed by atoms with van der Waals surface area (Å²) in [5, 5.41) is 14.5. The first-order valence-electron chi connectivity index (χ1n) is 7.39. The van der Waals surface area contributed by atoms with Crippen LogP contribution in [0.1, 0.15) is 31.7 Å². The number of anilines is 1. The molecule has 5 nitrogen and oxygen atoms in total. The van der Waals surface area contributed by atoms with Crippen LogP contribution >= 0.6 is 0 Å². The lowest BCUT2D eigenvalue weighted by molar-refractivity contribution is -0.136. The van der Waals surface area contributed by atoms with Crippen LogP contribution in [0.3, 0.4) is 0 Å². The van der Waals surface area contributed by atoms with Gasteiger partial charge in [-0.25, -0.2) is 4.79 Å². The number of aliphatic carboxylic acids is 1. The number of hydrogen-bond donors (Lipinski definition) is 3. The number of carboxylic acids is 1. The van der Waals surface area contributed by atoms with E-state index in [1.807, 2.05) is 0 Å². The standard InChI is InChI=1S/C16H22N2O3/c1-11-6-7-12(8-11)10-17-16(21)18-14-5-3-2-4-13(14)9-15(19)20/h2-5,11-12H,6-10H2,1H3,(H,19,20)(H2,17,18,21). The largest absolute Gasteiger partial charge is 0.481 e. The number of urea groups is 1. The van der Waals surface area contributed by atoms with E-state index in [0.717, 1.165) is 18.8 Å². The summed E-state index contributed by atoms with van der Waals surface area (Å²) in [7, 11) is 0. The van der Waals surface area contributed by atoms with Gasteiger partial charge >= 0.3 is 12.0 Å². The Bertz CT molecular complexity index is 516. The smallest absolute Gasteiger partial charge is 0.319 e. The zero-order valence-corrected chi connectivity index (χ0v) is 12.3. The molecule has 3 N–H and O–H groups in total. The van der Waals surface area contributed by atoms with Crippen LogP contribution in [-0.4, -0.2) is 23.7 Å². The Morgan fingerprint density at radius 3 is 2.71 bits per heavy atom. The van der Waals surface area contributed by atoms with Gasteiger partial charge in [0.05, 0.1) is 6.42 Å². The number of hydrogen-bond acceptors (Lipinski definition) is 2. The molecular weight excluding hydrogens is 268 g/mol. The Morgan fingerprint density at radius 1 is 1.29 bits per heavy atom. The fourth-order valence-corrected chi connectivity index (χ4v) is 2.87. The number of nitrogens with one attached hydrogen (secondary N) is 2. The summed E-state index contributed by atoms with van der Waals surface area (Å²) >= 11 is 0. The fraction of sp³-hybridized carbons (Fsp3) is 0.500. The maximum atomic E-state index is 11.9. The Balaban J connectivity index is 1.86. The molecule has 2 amide bonds. The fourth-order valence-electron chi connectivity index (χ4n) is 2.87. The highest BCUT2D eigenvalue weighted by molar-refractivity contribution is 5.90. The van der Waals surface area contributed by atoms with Gasteiger partial charge in [-0.05, 0) is 36.3 Å². The van der Waals surface area contributed by atoms with Crippen molar-refractivity contribution < 1.29 is 14.7 Å². The Morgan fingerprint density at radius 2 is 2.05 bits per heavy atom. The van der Waals surface area contributed by atoms with Crippen LogP contribution < -0.4 is 10.6 Å². The maximum Gasteiger partial charge on any atom is 0.319 e. The molecule has 0 heterocycles. The van der Waals surface area contributed by atoms with E-state index < -0.39 is 5.97 Å². The average molecular weight is 290 g/mol. The van der Waals surface area contributed by atoms with Crippen molar-refractivity contribution in [2.75, 3.05) is 11.9 Å². The minimum Gasteiger partial charge on any atom is -0.481 e. The Hall–Kier alpha value is -2.04. The summed E-state index contributed by atoms with van der Waals surface area (Å²) < 4.78 is 0. The Labute approximate surface area is 124 Å². The number of amides is 2. The summed E-state index contributed by atoms with van der Waals surface area (Å²) in [5.74, 6) is 0.390. The van der Waals surface area contributed by atoms with Gasteiger partial charge in [0, 0.05) is 12.2 Å². The van der Waals surface area contributed by atoms with Crippen molar-refractivity contribution >= 4 is 17.7 Å². The quantitative estimate of drug-likeness (QED) is 0.780. The molecule has 1 saturated carbocycles. The van der Waals surface area contributed by atoms with E-state index in [1.165, 1.54) is 6.42 Å². The molecule has 1 aromatic rings. The molecule has 114 valence electrons. The molecular formula is C16H22N2O3. The predicted octanol–water partition coefficient (Wildman–Crippen LogP) is 2.87. The molecule has 2 unspecified atom stereocenters. The molecule has 0 aliphatic heterocycles. The summed E-state index contributed by atoms with van der Waals surface area (Å²) in [6.07, 6.45) is 3.46. The van der Waals surface area contributed by atoms with Crippen molar-refractivity contribution in [3.63, 3.8) is 0 Å². The highest BCUT2D eigenvalue weighted by Gasteiger charge is 2.21. The summed E-state index contributed by atoms with van der Waals surface area (Å²) in [6.45, 7) is 2.92. The van der Waals surface area contributed by atoms with Gasteiger partial charge in [-0.3, -0.25) is 4.79 Å². The van der Waals surface area contributed by atoms with Gasteiger partial charge in [0.15, 0.2) is 0 Å². The van der Waals surface area contributed by atoms with Crippen LogP contribution in [0.4, 0.5) is 10.5 Å². The third kappa shape index (κ3) is 4.77. The zero-order valence-electron chi connectivity index (χ0n) is 12.3. The third-order valence-corrected chi connectivity index (χ3v) is 3.96. The lowest BCUT2D eigenvalue weighted by Gasteiger charge is -2.13. The topological polar surface area (TPSA) is 78.4 Å². The molecule has 0 saturated heterocycles. The van der Waals surface area contributed by atoms with E-state index >= 15 is 0 Å².